The molecule has 2 nitrogen and oxygen atoms in total. The van der Waals surface area contributed by atoms with Crippen LogP contribution < -0.4 is 11.1 Å². The number of benzene rings is 1. The van der Waals surface area contributed by atoms with E-state index in [1.54, 1.807) is 0 Å². The third-order valence-electron chi connectivity index (χ3n) is 3.59. The highest BCUT2D eigenvalue weighted by molar-refractivity contribution is 5.32. The molecule has 0 fully saturated rings. The minimum absolute atomic E-state index is 0.174. The van der Waals surface area contributed by atoms with Crippen LogP contribution in [0.5, 0.6) is 0 Å². The Bertz CT molecular complexity index is 358. The van der Waals surface area contributed by atoms with Crippen LogP contribution in [0, 0.1) is 12.8 Å². The fourth-order valence-electron chi connectivity index (χ4n) is 2.45. The summed E-state index contributed by atoms with van der Waals surface area (Å²) >= 11 is 0. The Balaban J connectivity index is 2.52. The zero-order chi connectivity index (χ0) is 13.6. The number of aryl methyl sites for hydroxylation is 1. The number of hydrogen-bond donors (Lipinski definition) is 2. The van der Waals surface area contributed by atoms with Gasteiger partial charge in [0.25, 0.3) is 0 Å². The lowest BCUT2D eigenvalue weighted by molar-refractivity contribution is 0.421. The molecule has 0 amide bonds. The second-order valence-corrected chi connectivity index (χ2v) is 6.01. The van der Waals surface area contributed by atoms with E-state index in [-0.39, 0.29) is 5.41 Å². The van der Waals surface area contributed by atoms with Gasteiger partial charge in [0.05, 0.1) is 0 Å². The van der Waals surface area contributed by atoms with Gasteiger partial charge < -0.3 is 11.1 Å². The molecule has 0 bridgehead atoms. The Morgan fingerprint density at radius 2 is 1.94 bits per heavy atom. The maximum atomic E-state index is 5.57. The summed E-state index contributed by atoms with van der Waals surface area (Å²) in [6, 6.07) is 8.65. The summed E-state index contributed by atoms with van der Waals surface area (Å²) in [6.45, 7) is 11.9. The molecule has 0 aromatic heterocycles. The molecule has 18 heavy (non-hydrogen) atoms. The monoisotopic (exact) mass is 248 g/mol. The van der Waals surface area contributed by atoms with E-state index >= 15 is 0 Å². The topological polar surface area (TPSA) is 38.0 Å². The van der Waals surface area contributed by atoms with Gasteiger partial charge in [-0.3, -0.25) is 0 Å². The first kappa shape index (κ1) is 15.2. The van der Waals surface area contributed by atoms with Gasteiger partial charge in [0.2, 0.25) is 0 Å². The van der Waals surface area contributed by atoms with E-state index in [4.69, 9.17) is 5.73 Å². The summed E-state index contributed by atoms with van der Waals surface area (Å²) < 4.78 is 0. The van der Waals surface area contributed by atoms with Gasteiger partial charge in [-0.2, -0.15) is 0 Å². The molecular formula is C16H28N2. The summed E-state index contributed by atoms with van der Waals surface area (Å²) in [7, 11) is 0. The van der Waals surface area contributed by atoms with Gasteiger partial charge in [-0.25, -0.2) is 0 Å². The maximum Gasteiger partial charge on any atom is 0.00433 e. The smallest absolute Gasteiger partial charge is 0.00433 e. The number of nitrogens with two attached hydrogens (primary N) is 1. The normalized spacial score (nSPS) is 13.6. The van der Waals surface area contributed by atoms with Crippen molar-refractivity contribution in [1.29, 1.82) is 0 Å². The Labute approximate surface area is 112 Å². The van der Waals surface area contributed by atoms with Crippen LogP contribution in [-0.4, -0.2) is 19.6 Å². The molecular weight excluding hydrogens is 220 g/mol. The van der Waals surface area contributed by atoms with E-state index in [0.717, 1.165) is 26.1 Å². The molecule has 1 unspecified atom stereocenters. The molecule has 1 aromatic carbocycles. The molecule has 1 rings (SSSR count). The van der Waals surface area contributed by atoms with Crippen molar-refractivity contribution in [3.05, 3.63) is 35.4 Å². The van der Waals surface area contributed by atoms with Gasteiger partial charge in [0.1, 0.15) is 0 Å². The molecule has 0 radical (unpaired) electrons. The fraction of sp³-hybridized carbons (Fsp3) is 0.625. The molecule has 1 atom stereocenters. The summed E-state index contributed by atoms with van der Waals surface area (Å²) in [5, 5.41) is 3.58. The SMILES string of the molecule is Cc1ccccc1C(C)(C)CNCC(C)CCN. The highest BCUT2D eigenvalue weighted by atomic mass is 14.9. The van der Waals surface area contributed by atoms with E-state index in [2.05, 4.69) is 57.3 Å². The van der Waals surface area contributed by atoms with E-state index in [0.29, 0.717) is 5.92 Å². The predicted molar refractivity (Wildman–Crippen MR) is 79.9 cm³/mol. The van der Waals surface area contributed by atoms with Crippen molar-refractivity contribution in [2.45, 2.75) is 39.5 Å². The third kappa shape index (κ3) is 4.43. The fourth-order valence-corrected chi connectivity index (χ4v) is 2.45. The average Bonchev–Trinajstić information content (AvgIpc) is 2.29. The third-order valence-corrected chi connectivity index (χ3v) is 3.59. The van der Waals surface area contributed by atoms with Crippen molar-refractivity contribution >= 4 is 0 Å². The van der Waals surface area contributed by atoms with Gasteiger partial charge in [-0.1, -0.05) is 45.0 Å². The number of hydrogen-bond acceptors (Lipinski definition) is 2. The van der Waals surface area contributed by atoms with Crippen LogP contribution in [0.25, 0.3) is 0 Å². The summed E-state index contributed by atoms with van der Waals surface area (Å²) in [4.78, 5) is 0. The Morgan fingerprint density at radius 3 is 2.56 bits per heavy atom. The zero-order valence-corrected chi connectivity index (χ0v) is 12.3. The molecule has 0 spiro atoms. The quantitative estimate of drug-likeness (QED) is 0.778. The molecule has 1 aromatic rings. The van der Waals surface area contributed by atoms with Crippen LogP contribution in [-0.2, 0) is 5.41 Å². The molecule has 2 heteroatoms. The van der Waals surface area contributed by atoms with E-state index in [1.807, 2.05) is 0 Å². The summed E-state index contributed by atoms with van der Waals surface area (Å²) in [6.07, 6.45) is 1.10. The predicted octanol–water partition coefficient (Wildman–Crippen LogP) is 2.85. The van der Waals surface area contributed by atoms with Crippen LogP contribution in [0.3, 0.4) is 0 Å². The van der Waals surface area contributed by atoms with Crippen LogP contribution in [0.1, 0.15) is 38.3 Å². The average molecular weight is 248 g/mol. The molecule has 0 saturated carbocycles. The number of nitrogens with one attached hydrogen (secondary N) is 1. The van der Waals surface area contributed by atoms with Gasteiger partial charge in [-0.15, -0.1) is 0 Å². The molecule has 0 heterocycles. The van der Waals surface area contributed by atoms with Gasteiger partial charge in [-0.05, 0) is 43.5 Å². The Hall–Kier alpha value is -0.860. The van der Waals surface area contributed by atoms with Gasteiger partial charge in [0, 0.05) is 12.0 Å². The first-order valence-corrected chi connectivity index (χ1v) is 6.94. The zero-order valence-electron chi connectivity index (χ0n) is 12.3. The molecule has 0 aliphatic carbocycles. The van der Waals surface area contributed by atoms with Crippen molar-refractivity contribution in [3.8, 4) is 0 Å². The molecule has 0 saturated heterocycles. The second kappa shape index (κ2) is 6.91. The maximum absolute atomic E-state index is 5.57. The van der Waals surface area contributed by atoms with Crippen LogP contribution in [0.4, 0.5) is 0 Å². The van der Waals surface area contributed by atoms with E-state index in [9.17, 15) is 0 Å². The minimum Gasteiger partial charge on any atom is -0.330 e. The van der Waals surface area contributed by atoms with E-state index in [1.165, 1.54) is 11.1 Å². The Kier molecular flexibility index (Phi) is 5.83. The lowest BCUT2D eigenvalue weighted by Crippen LogP contribution is -2.36. The van der Waals surface area contributed by atoms with Crippen molar-refractivity contribution in [1.82, 2.24) is 5.32 Å². The summed E-state index contributed by atoms with van der Waals surface area (Å²) in [5.74, 6) is 0.655. The second-order valence-electron chi connectivity index (χ2n) is 6.01. The highest BCUT2D eigenvalue weighted by Gasteiger charge is 2.21. The lowest BCUT2D eigenvalue weighted by atomic mass is 9.82. The first-order valence-electron chi connectivity index (χ1n) is 6.94. The molecule has 0 aliphatic rings. The van der Waals surface area contributed by atoms with Crippen molar-refractivity contribution in [3.63, 3.8) is 0 Å². The minimum atomic E-state index is 0.174. The van der Waals surface area contributed by atoms with Crippen LogP contribution in [0.15, 0.2) is 24.3 Å². The largest absolute Gasteiger partial charge is 0.330 e. The van der Waals surface area contributed by atoms with Gasteiger partial charge in [0.15, 0.2) is 0 Å². The lowest BCUT2D eigenvalue weighted by Gasteiger charge is -2.28. The summed E-state index contributed by atoms with van der Waals surface area (Å²) in [5.41, 5.74) is 8.55. The molecule has 3 N–H and O–H groups in total. The molecule has 102 valence electrons. The van der Waals surface area contributed by atoms with Crippen molar-refractivity contribution < 1.29 is 0 Å². The molecule has 0 aliphatic heterocycles. The van der Waals surface area contributed by atoms with E-state index < -0.39 is 0 Å². The number of rotatable bonds is 7. The van der Waals surface area contributed by atoms with Crippen LogP contribution >= 0.6 is 0 Å². The first-order chi connectivity index (χ1) is 8.47. The van der Waals surface area contributed by atoms with Crippen LogP contribution in [0.2, 0.25) is 0 Å². The van der Waals surface area contributed by atoms with Crippen molar-refractivity contribution in [2.75, 3.05) is 19.6 Å². The standard InChI is InChI=1S/C16H28N2/c1-13(9-10-17)11-18-12-16(3,4)15-8-6-5-7-14(15)2/h5-8,13,18H,9-12,17H2,1-4H3. The van der Waals surface area contributed by atoms with Crippen molar-refractivity contribution in [2.24, 2.45) is 11.7 Å². The van der Waals surface area contributed by atoms with Gasteiger partial charge >= 0.3 is 0 Å². The highest BCUT2D eigenvalue weighted by Crippen LogP contribution is 2.25. The Morgan fingerprint density at radius 1 is 1.28 bits per heavy atom.